The first-order valence-corrected chi connectivity index (χ1v) is 4.45. The molecule has 1 aliphatic rings. The zero-order chi connectivity index (χ0) is 8.97. The molecule has 0 heterocycles. The predicted octanol–water partition coefficient (Wildman–Crippen LogP) is 0.0428. The van der Waals surface area contributed by atoms with Crippen LogP contribution in [0.2, 0.25) is 0 Å². The standard InChI is InChI=1S/C8H17N3O/c1-10-8(12)11-5-6-3-2-4-7(6)9/h6-7H,2-5,9H2,1H3,(H2,10,11,12). The Labute approximate surface area is 72.9 Å². The molecular formula is C8H17N3O. The van der Waals surface area contributed by atoms with Crippen molar-refractivity contribution in [2.75, 3.05) is 13.6 Å². The summed E-state index contributed by atoms with van der Waals surface area (Å²) < 4.78 is 0. The van der Waals surface area contributed by atoms with Crippen molar-refractivity contribution >= 4 is 6.03 Å². The van der Waals surface area contributed by atoms with Gasteiger partial charge in [0, 0.05) is 19.6 Å². The Kier molecular flexibility index (Phi) is 3.34. The molecule has 1 aliphatic carbocycles. The first-order valence-electron chi connectivity index (χ1n) is 4.45. The molecule has 4 nitrogen and oxygen atoms in total. The summed E-state index contributed by atoms with van der Waals surface area (Å²) >= 11 is 0. The minimum Gasteiger partial charge on any atom is -0.341 e. The average molecular weight is 171 g/mol. The molecule has 0 spiro atoms. The highest BCUT2D eigenvalue weighted by Gasteiger charge is 2.23. The number of carbonyl (C=O) groups excluding carboxylic acids is 1. The maximum absolute atomic E-state index is 10.8. The Bertz CT molecular complexity index is 160. The van der Waals surface area contributed by atoms with Crippen LogP contribution in [0.25, 0.3) is 0 Å². The van der Waals surface area contributed by atoms with Crippen LogP contribution in [0.4, 0.5) is 4.79 Å². The van der Waals surface area contributed by atoms with E-state index in [1.165, 1.54) is 6.42 Å². The van der Waals surface area contributed by atoms with Crippen LogP contribution >= 0.6 is 0 Å². The Balaban J connectivity index is 2.18. The SMILES string of the molecule is CNC(=O)NCC1CCCC1N. The topological polar surface area (TPSA) is 67.2 Å². The molecule has 0 bridgehead atoms. The van der Waals surface area contributed by atoms with Gasteiger partial charge in [-0.1, -0.05) is 6.42 Å². The van der Waals surface area contributed by atoms with Crippen molar-refractivity contribution in [3.63, 3.8) is 0 Å². The van der Waals surface area contributed by atoms with Crippen molar-refractivity contribution in [3.8, 4) is 0 Å². The third-order valence-electron chi connectivity index (χ3n) is 2.47. The molecule has 1 rings (SSSR count). The van der Waals surface area contributed by atoms with Gasteiger partial charge in [-0.25, -0.2) is 4.79 Å². The van der Waals surface area contributed by atoms with Crippen LogP contribution in [0.1, 0.15) is 19.3 Å². The molecule has 70 valence electrons. The van der Waals surface area contributed by atoms with Crippen molar-refractivity contribution in [1.29, 1.82) is 0 Å². The van der Waals surface area contributed by atoms with Crippen molar-refractivity contribution in [2.45, 2.75) is 25.3 Å². The largest absolute Gasteiger partial charge is 0.341 e. The second-order valence-corrected chi connectivity index (χ2v) is 3.31. The lowest BCUT2D eigenvalue weighted by Crippen LogP contribution is -2.39. The Hall–Kier alpha value is -0.770. The lowest BCUT2D eigenvalue weighted by Gasteiger charge is -2.15. The van der Waals surface area contributed by atoms with Crippen LogP contribution in [-0.2, 0) is 0 Å². The molecular weight excluding hydrogens is 154 g/mol. The number of rotatable bonds is 2. The number of hydrogen-bond donors (Lipinski definition) is 3. The van der Waals surface area contributed by atoms with Gasteiger partial charge in [0.1, 0.15) is 0 Å². The molecule has 1 fully saturated rings. The molecule has 0 saturated heterocycles. The molecule has 1 saturated carbocycles. The van der Waals surface area contributed by atoms with Gasteiger partial charge in [0.25, 0.3) is 0 Å². The van der Waals surface area contributed by atoms with Crippen LogP contribution in [0.5, 0.6) is 0 Å². The number of nitrogens with two attached hydrogens (primary N) is 1. The van der Waals surface area contributed by atoms with Crippen LogP contribution < -0.4 is 16.4 Å². The molecule has 4 heteroatoms. The number of nitrogens with one attached hydrogen (secondary N) is 2. The van der Waals surface area contributed by atoms with E-state index < -0.39 is 0 Å². The number of carbonyl (C=O) groups is 1. The van der Waals surface area contributed by atoms with Crippen LogP contribution in [-0.4, -0.2) is 25.7 Å². The van der Waals surface area contributed by atoms with Gasteiger partial charge in [-0.05, 0) is 18.8 Å². The average Bonchev–Trinajstić information content (AvgIpc) is 2.47. The third-order valence-corrected chi connectivity index (χ3v) is 2.47. The van der Waals surface area contributed by atoms with Crippen LogP contribution in [0.3, 0.4) is 0 Å². The molecule has 0 radical (unpaired) electrons. The number of amides is 2. The molecule has 0 aromatic heterocycles. The first kappa shape index (κ1) is 9.32. The molecule has 4 N–H and O–H groups in total. The van der Waals surface area contributed by atoms with Crippen molar-refractivity contribution < 1.29 is 4.79 Å². The molecule has 2 atom stereocenters. The van der Waals surface area contributed by atoms with E-state index in [0.717, 1.165) is 12.8 Å². The van der Waals surface area contributed by atoms with Gasteiger partial charge in [0.15, 0.2) is 0 Å². The van der Waals surface area contributed by atoms with Crippen molar-refractivity contribution in [3.05, 3.63) is 0 Å². The Morgan fingerprint density at radius 1 is 1.58 bits per heavy atom. The van der Waals surface area contributed by atoms with E-state index in [1.54, 1.807) is 7.05 Å². The highest BCUT2D eigenvalue weighted by molar-refractivity contribution is 5.73. The highest BCUT2D eigenvalue weighted by atomic mass is 16.2. The number of urea groups is 1. The van der Waals surface area contributed by atoms with E-state index in [1.807, 2.05) is 0 Å². The van der Waals surface area contributed by atoms with Gasteiger partial charge in [-0.2, -0.15) is 0 Å². The number of hydrogen-bond acceptors (Lipinski definition) is 2. The van der Waals surface area contributed by atoms with Gasteiger partial charge < -0.3 is 16.4 Å². The lowest BCUT2D eigenvalue weighted by atomic mass is 10.1. The minimum atomic E-state index is -0.117. The van der Waals surface area contributed by atoms with E-state index in [-0.39, 0.29) is 12.1 Å². The summed E-state index contributed by atoms with van der Waals surface area (Å²) in [5, 5.41) is 5.29. The van der Waals surface area contributed by atoms with Crippen LogP contribution in [0, 0.1) is 5.92 Å². The highest BCUT2D eigenvalue weighted by Crippen LogP contribution is 2.22. The summed E-state index contributed by atoms with van der Waals surface area (Å²) in [7, 11) is 1.61. The van der Waals surface area contributed by atoms with E-state index in [0.29, 0.717) is 12.5 Å². The monoisotopic (exact) mass is 171 g/mol. The fourth-order valence-corrected chi connectivity index (χ4v) is 1.63. The quantitative estimate of drug-likeness (QED) is 0.549. The maximum Gasteiger partial charge on any atom is 0.314 e. The van der Waals surface area contributed by atoms with E-state index >= 15 is 0 Å². The second kappa shape index (κ2) is 4.30. The van der Waals surface area contributed by atoms with Crippen molar-refractivity contribution in [2.24, 2.45) is 11.7 Å². The summed E-state index contributed by atoms with van der Waals surface area (Å²) in [5.74, 6) is 0.474. The molecule has 0 aromatic rings. The summed E-state index contributed by atoms with van der Waals surface area (Å²) in [4.78, 5) is 10.8. The zero-order valence-corrected chi connectivity index (χ0v) is 7.47. The summed E-state index contributed by atoms with van der Waals surface area (Å²) in [6.45, 7) is 0.709. The van der Waals surface area contributed by atoms with Gasteiger partial charge in [0.2, 0.25) is 0 Å². The normalized spacial score (nSPS) is 28.5. The maximum atomic E-state index is 10.8. The minimum absolute atomic E-state index is 0.117. The van der Waals surface area contributed by atoms with E-state index in [2.05, 4.69) is 10.6 Å². The van der Waals surface area contributed by atoms with E-state index in [4.69, 9.17) is 5.73 Å². The Morgan fingerprint density at radius 3 is 2.83 bits per heavy atom. The van der Waals surface area contributed by atoms with Crippen molar-refractivity contribution in [1.82, 2.24) is 10.6 Å². The summed E-state index contributed by atoms with van der Waals surface area (Å²) in [6.07, 6.45) is 3.44. The predicted molar refractivity (Wildman–Crippen MR) is 47.8 cm³/mol. The Morgan fingerprint density at radius 2 is 2.33 bits per heavy atom. The van der Waals surface area contributed by atoms with E-state index in [9.17, 15) is 4.79 Å². The molecule has 2 unspecified atom stereocenters. The molecule has 2 amide bonds. The summed E-state index contributed by atoms with van der Waals surface area (Å²) in [5.41, 5.74) is 5.83. The van der Waals surface area contributed by atoms with Crippen LogP contribution in [0.15, 0.2) is 0 Å². The van der Waals surface area contributed by atoms with Gasteiger partial charge in [-0.15, -0.1) is 0 Å². The molecule has 0 aromatic carbocycles. The molecule has 12 heavy (non-hydrogen) atoms. The van der Waals surface area contributed by atoms with Gasteiger partial charge in [-0.3, -0.25) is 0 Å². The first-order chi connectivity index (χ1) is 5.74. The smallest absolute Gasteiger partial charge is 0.314 e. The summed E-state index contributed by atoms with van der Waals surface area (Å²) in [6, 6.07) is 0.163. The zero-order valence-electron chi connectivity index (χ0n) is 7.47. The molecule has 0 aliphatic heterocycles. The second-order valence-electron chi connectivity index (χ2n) is 3.31. The van der Waals surface area contributed by atoms with Gasteiger partial charge >= 0.3 is 6.03 Å². The van der Waals surface area contributed by atoms with Gasteiger partial charge in [0.05, 0.1) is 0 Å². The lowest BCUT2D eigenvalue weighted by molar-refractivity contribution is 0.240. The fourth-order valence-electron chi connectivity index (χ4n) is 1.63. The fraction of sp³-hybridized carbons (Fsp3) is 0.875. The third kappa shape index (κ3) is 2.37.